The average molecular weight is 921 g/mol. The summed E-state index contributed by atoms with van der Waals surface area (Å²) in [5.41, 5.74) is 6.39. The number of allylic oxidation sites excluding steroid dienone is 12. The highest BCUT2D eigenvalue weighted by molar-refractivity contribution is 5.77. The van der Waals surface area contributed by atoms with Crippen molar-refractivity contribution in [3.63, 3.8) is 0 Å². The first-order chi connectivity index (χ1) is 32.5. The van der Waals surface area contributed by atoms with Crippen molar-refractivity contribution >= 4 is 11.9 Å². The van der Waals surface area contributed by atoms with Crippen molar-refractivity contribution in [2.24, 2.45) is 5.73 Å². The van der Waals surface area contributed by atoms with Gasteiger partial charge in [-0.25, -0.2) is 0 Å². The van der Waals surface area contributed by atoms with Gasteiger partial charge in [-0.1, -0.05) is 203 Å². The van der Waals surface area contributed by atoms with Gasteiger partial charge in [0.15, 0.2) is 0 Å². The molecule has 0 fully saturated rings. The van der Waals surface area contributed by atoms with Crippen molar-refractivity contribution in [2.45, 2.75) is 303 Å². The predicted molar refractivity (Wildman–Crippen MR) is 290 cm³/mol. The van der Waals surface area contributed by atoms with Crippen LogP contribution in [0, 0.1) is 0 Å². The summed E-state index contributed by atoms with van der Waals surface area (Å²) in [5, 5.41) is 0. The number of hydrogen-bond donors (Lipinski definition) is 1. The summed E-state index contributed by atoms with van der Waals surface area (Å²) in [6.45, 7) is 8.98. The lowest BCUT2D eigenvalue weighted by atomic mass is 10.0. The summed E-state index contributed by atoms with van der Waals surface area (Å²) in [6.07, 6.45) is 71.9. The third-order valence-electron chi connectivity index (χ3n) is 12.6. The molecule has 0 heterocycles. The highest BCUT2D eigenvalue weighted by Gasteiger charge is 2.22. The van der Waals surface area contributed by atoms with Gasteiger partial charge in [-0.3, -0.25) is 9.59 Å². The molecule has 66 heavy (non-hydrogen) atoms. The number of hydrogen-bond acceptors (Lipinski definition) is 5. The van der Waals surface area contributed by atoms with Crippen LogP contribution in [-0.2, 0) is 19.1 Å². The summed E-state index contributed by atoms with van der Waals surface area (Å²) in [5.74, 6) is -0.632. The SMILES string of the molecule is CCCCC/C=C\C/C=C\CCCCCCCCC(CC/C=C\CCCCC)OC(=O)CC[C@H](N)C(=O)OC(CC/C=C\CCCCC)CCCCCCCC/C=C\C/C=C\CCCCC. The quantitative estimate of drug-likeness (QED) is 0.0374. The van der Waals surface area contributed by atoms with Gasteiger partial charge in [-0.15, -0.1) is 0 Å². The van der Waals surface area contributed by atoms with Gasteiger partial charge in [0.2, 0.25) is 0 Å². The minimum absolute atomic E-state index is 0.0968. The smallest absolute Gasteiger partial charge is 0.323 e. The molecule has 0 aromatic heterocycles. The van der Waals surface area contributed by atoms with E-state index in [0.717, 1.165) is 83.5 Å². The lowest BCUT2D eigenvalue weighted by Crippen LogP contribution is -2.35. The lowest BCUT2D eigenvalue weighted by molar-refractivity contribution is -0.153. The molecule has 0 saturated carbocycles. The third-order valence-corrected chi connectivity index (χ3v) is 12.6. The Morgan fingerprint density at radius 2 is 0.652 bits per heavy atom. The van der Waals surface area contributed by atoms with Crippen LogP contribution in [0.4, 0.5) is 0 Å². The normalized spacial score (nSPS) is 13.7. The Morgan fingerprint density at radius 1 is 0.348 bits per heavy atom. The number of carbonyl (C=O) groups is 2. The predicted octanol–water partition coefficient (Wildman–Crippen LogP) is 19.2. The van der Waals surface area contributed by atoms with E-state index in [-0.39, 0.29) is 37.0 Å². The van der Waals surface area contributed by atoms with Crippen LogP contribution < -0.4 is 5.73 Å². The number of nitrogens with two attached hydrogens (primary N) is 1. The molecule has 0 rings (SSSR count). The standard InChI is InChI=1S/C61H109NO4/c1-5-9-13-17-21-23-25-27-29-31-33-35-37-41-45-48-52-57(51-47-43-39-19-15-11-7-3)65-60(63)56-55-59(62)61(64)66-58(53-49-44-40-20-16-12-8-4)54-50-46-42-38-36-34-32-30-28-26-24-22-18-14-10-6-2/h21-24,27-30,39-40,43-44,57-59H,5-20,25-26,31-38,41-42,45-56,62H2,1-4H3/b23-21-,24-22-,29-27-,30-28-,43-39-,44-40-/t57?,58?,59-/m0/s1. The van der Waals surface area contributed by atoms with Crippen molar-refractivity contribution < 1.29 is 19.1 Å². The Labute approximate surface area is 410 Å². The van der Waals surface area contributed by atoms with E-state index in [1.807, 2.05) is 0 Å². The highest BCUT2D eigenvalue weighted by atomic mass is 16.5. The number of esters is 2. The summed E-state index contributed by atoms with van der Waals surface area (Å²) < 4.78 is 12.1. The van der Waals surface area contributed by atoms with Gasteiger partial charge in [0, 0.05) is 6.42 Å². The Morgan fingerprint density at radius 3 is 1.03 bits per heavy atom. The largest absolute Gasteiger partial charge is 0.462 e. The fourth-order valence-electron chi connectivity index (χ4n) is 8.19. The maximum Gasteiger partial charge on any atom is 0.323 e. The maximum atomic E-state index is 13.3. The molecule has 0 aromatic carbocycles. The molecule has 0 aliphatic heterocycles. The van der Waals surface area contributed by atoms with Gasteiger partial charge in [0.05, 0.1) is 0 Å². The molecule has 0 saturated heterocycles. The second-order valence-corrected chi connectivity index (χ2v) is 19.2. The minimum atomic E-state index is -0.822. The molecule has 2 unspecified atom stereocenters. The Bertz CT molecular complexity index is 1210. The van der Waals surface area contributed by atoms with Crippen LogP contribution in [-0.4, -0.2) is 30.2 Å². The first-order valence-electron chi connectivity index (χ1n) is 28.5. The Kier molecular flexibility index (Phi) is 51.1. The number of rotatable bonds is 50. The number of ether oxygens (including phenoxy) is 2. The Balaban J connectivity index is 4.80. The molecule has 0 aliphatic carbocycles. The molecule has 3 atom stereocenters. The van der Waals surface area contributed by atoms with Crippen LogP contribution in [0.3, 0.4) is 0 Å². The second-order valence-electron chi connectivity index (χ2n) is 19.2. The molecule has 0 radical (unpaired) electrons. The van der Waals surface area contributed by atoms with Crippen LogP contribution in [0.25, 0.3) is 0 Å². The second kappa shape index (κ2) is 53.3. The monoisotopic (exact) mass is 920 g/mol. The van der Waals surface area contributed by atoms with E-state index in [9.17, 15) is 9.59 Å². The zero-order valence-electron chi connectivity index (χ0n) is 44.2. The average Bonchev–Trinajstić information content (AvgIpc) is 3.32. The molecule has 382 valence electrons. The molecule has 5 nitrogen and oxygen atoms in total. The van der Waals surface area contributed by atoms with E-state index in [2.05, 4.69) is 101 Å². The van der Waals surface area contributed by atoms with Crippen molar-refractivity contribution in [1.82, 2.24) is 0 Å². The van der Waals surface area contributed by atoms with E-state index in [1.54, 1.807) is 0 Å². The molecular weight excluding hydrogens is 811 g/mol. The number of carbonyl (C=O) groups excluding carboxylic acids is 2. The molecule has 0 aromatic rings. The van der Waals surface area contributed by atoms with Crippen LogP contribution in [0.2, 0.25) is 0 Å². The first kappa shape index (κ1) is 63.3. The molecule has 0 bridgehead atoms. The minimum Gasteiger partial charge on any atom is -0.462 e. The first-order valence-corrected chi connectivity index (χ1v) is 28.5. The maximum absolute atomic E-state index is 13.3. The van der Waals surface area contributed by atoms with Crippen molar-refractivity contribution in [3.8, 4) is 0 Å². The molecule has 5 heteroatoms. The zero-order valence-corrected chi connectivity index (χ0v) is 44.2. The van der Waals surface area contributed by atoms with E-state index >= 15 is 0 Å². The van der Waals surface area contributed by atoms with Crippen molar-refractivity contribution in [1.29, 1.82) is 0 Å². The van der Waals surface area contributed by atoms with Crippen LogP contribution >= 0.6 is 0 Å². The molecular formula is C61H109NO4. The topological polar surface area (TPSA) is 78.6 Å². The van der Waals surface area contributed by atoms with Gasteiger partial charge in [0.1, 0.15) is 18.2 Å². The summed E-state index contributed by atoms with van der Waals surface area (Å²) >= 11 is 0. The van der Waals surface area contributed by atoms with Crippen LogP contribution in [0.5, 0.6) is 0 Å². The third kappa shape index (κ3) is 47.8. The summed E-state index contributed by atoms with van der Waals surface area (Å²) in [7, 11) is 0. The lowest BCUT2D eigenvalue weighted by Gasteiger charge is -2.21. The van der Waals surface area contributed by atoms with Gasteiger partial charge in [0.25, 0.3) is 0 Å². The molecule has 2 N–H and O–H groups in total. The summed E-state index contributed by atoms with van der Waals surface area (Å²) in [6, 6.07) is -0.822. The van der Waals surface area contributed by atoms with E-state index < -0.39 is 6.04 Å². The van der Waals surface area contributed by atoms with E-state index in [0.29, 0.717) is 0 Å². The van der Waals surface area contributed by atoms with Gasteiger partial charge < -0.3 is 15.2 Å². The van der Waals surface area contributed by atoms with Crippen molar-refractivity contribution in [2.75, 3.05) is 0 Å². The molecule has 0 aliphatic rings. The molecule has 0 amide bonds. The fourth-order valence-corrected chi connectivity index (χ4v) is 8.19. The van der Waals surface area contributed by atoms with Crippen LogP contribution in [0.1, 0.15) is 285 Å². The fraction of sp³-hybridized carbons (Fsp3) is 0.770. The van der Waals surface area contributed by atoms with E-state index in [4.69, 9.17) is 15.2 Å². The zero-order chi connectivity index (χ0) is 48.1. The number of unbranched alkanes of at least 4 members (excludes halogenated alkanes) is 24. The molecule has 0 spiro atoms. The highest BCUT2D eigenvalue weighted by Crippen LogP contribution is 2.19. The van der Waals surface area contributed by atoms with Gasteiger partial charge in [-0.05, 0) is 148 Å². The van der Waals surface area contributed by atoms with E-state index in [1.165, 1.54) is 161 Å². The van der Waals surface area contributed by atoms with Gasteiger partial charge >= 0.3 is 11.9 Å². The van der Waals surface area contributed by atoms with Crippen molar-refractivity contribution in [3.05, 3.63) is 72.9 Å². The van der Waals surface area contributed by atoms with Gasteiger partial charge in [-0.2, -0.15) is 0 Å². The summed E-state index contributed by atoms with van der Waals surface area (Å²) in [4.78, 5) is 26.4. The Hall–Kier alpha value is -2.66. The van der Waals surface area contributed by atoms with Crippen LogP contribution in [0.15, 0.2) is 72.9 Å².